The molecular weight excluding hydrogens is 607 g/mol. The lowest BCUT2D eigenvalue weighted by Crippen LogP contribution is -2.47. The van der Waals surface area contributed by atoms with Crippen molar-refractivity contribution < 1.29 is 18.7 Å². The number of hydrogen-bond donors (Lipinski definition) is 2. The molecule has 2 aliphatic carbocycles. The number of halogens is 1. The molecule has 0 unspecified atom stereocenters. The van der Waals surface area contributed by atoms with E-state index >= 15 is 0 Å². The van der Waals surface area contributed by atoms with Gasteiger partial charge in [-0.25, -0.2) is 19.2 Å². The molecule has 3 aromatic rings. The Kier molecular flexibility index (Phi) is 10.4. The molecule has 9 nitrogen and oxygen atoms in total. The van der Waals surface area contributed by atoms with E-state index in [2.05, 4.69) is 43.1 Å². The van der Waals surface area contributed by atoms with Crippen LogP contribution in [0.3, 0.4) is 0 Å². The van der Waals surface area contributed by atoms with E-state index in [1.165, 1.54) is 12.1 Å². The molecule has 48 heavy (non-hydrogen) atoms. The molecule has 254 valence electrons. The minimum atomic E-state index is -0.478. The van der Waals surface area contributed by atoms with Crippen LogP contribution in [-0.2, 0) is 4.74 Å². The number of nitrogens with one attached hydrogen (secondary N) is 1. The molecule has 2 heterocycles. The summed E-state index contributed by atoms with van der Waals surface area (Å²) in [6.45, 7) is 10.2. The maximum atomic E-state index is 14.7. The van der Waals surface area contributed by atoms with E-state index in [-0.39, 0.29) is 18.0 Å². The summed E-state index contributed by atoms with van der Waals surface area (Å²) in [7, 11) is 0. The van der Waals surface area contributed by atoms with Gasteiger partial charge in [0.15, 0.2) is 11.6 Å². The minimum absolute atomic E-state index is 0.201. The standard InChI is InChI=1S/C38H47FN6O3/c1-38(2,3)48-37(46)43-30-10-4-26(5-11-30)15-17-44-18-20-45(21-19-44)36-35(24-41-25-42-36)47-34-13-9-29(39)23-33(34)31-12-6-27(14-16-40)22-32(31)28-7-8-28/h6,9,12-13,22-26,28,30H,4-5,7-8,10-11,15,17-21,40H2,1-3H3,(H,43,46)/t26-,30-. The van der Waals surface area contributed by atoms with Crippen molar-refractivity contribution in [3.8, 4) is 34.6 Å². The SMILES string of the molecule is CC(C)(C)OC(=O)N[C@H]1CC[C@H](CCN2CCN(c3ncncc3Oc3ccc(F)cc3-c3ccc(C#CN)cc3C3CC3)CC2)CC1. The molecule has 3 aliphatic rings. The van der Waals surface area contributed by atoms with Crippen molar-refractivity contribution >= 4 is 11.9 Å². The Labute approximate surface area is 283 Å². The van der Waals surface area contributed by atoms with Crippen molar-refractivity contribution in [3.05, 3.63) is 65.9 Å². The molecule has 1 amide bonds. The highest BCUT2D eigenvalue weighted by atomic mass is 19.1. The van der Waals surface area contributed by atoms with E-state index in [9.17, 15) is 9.18 Å². The number of aromatic nitrogens is 2. The third-order valence-corrected chi connectivity index (χ3v) is 9.49. The topological polar surface area (TPSA) is 106 Å². The maximum absolute atomic E-state index is 14.7. The van der Waals surface area contributed by atoms with Gasteiger partial charge in [-0.3, -0.25) is 4.90 Å². The second-order valence-corrected chi connectivity index (χ2v) is 14.3. The van der Waals surface area contributed by atoms with Crippen LogP contribution in [0.1, 0.15) is 82.8 Å². The highest BCUT2D eigenvalue weighted by Gasteiger charge is 2.29. The zero-order valence-corrected chi connectivity index (χ0v) is 28.3. The van der Waals surface area contributed by atoms with Crippen molar-refractivity contribution in [2.24, 2.45) is 11.7 Å². The van der Waals surface area contributed by atoms with Crippen LogP contribution in [0.25, 0.3) is 11.1 Å². The van der Waals surface area contributed by atoms with E-state index in [1.54, 1.807) is 18.6 Å². The van der Waals surface area contributed by atoms with Gasteiger partial charge in [-0.05, 0) is 131 Å². The number of anilines is 1. The number of benzene rings is 2. The summed E-state index contributed by atoms with van der Waals surface area (Å²) >= 11 is 0. The van der Waals surface area contributed by atoms with Crippen LogP contribution < -0.4 is 20.7 Å². The van der Waals surface area contributed by atoms with Crippen LogP contribution in [-0.4, -0.2) is 65.3 Å². The zero-order chi connectivity index (χ0) is 33.7. The summed E-state index contributed by atoms with van der Waals surface area (Å²) in [6.07, 6.45) is 10.5. The molecule has 0 spiro atoms. The fourth-order valence-electron chi connectivity index (χ4n) is 6.86. The number of nitrogens with zero attached hydrogens (tertiary/aromatic N) is 4. The summed E-state index contributed by atoms with van der Waals surface area (Å²) in [5.74, 6) is 5.56. The van der Waals surface area contributed by atoms with Crippen molar-refractivity contribution in [2.45, 2.75) is 83.3 Å². The smallest absolute Gasteiger partial charge is 0.407 e. The summed E-state index contributed by atoms with van der Waals surface area (Å²) in [5.41, 5.74) is 8.61. The minimum Gasteiger partial charge on any atom is -0.451 e. The molecule has 10 heteroatoms. The number of amides is 1. The van der Waals surface area contributed by atoms with E-state index in [0.717, 1.165) is 100 Å². The first-order chi connectivity index (χ1) is 23.1. The van der Waals surface area contributed by atoms with E-state index in [1.807, 2.05) is 32.9 Å². The lowest BCUT2D eigenvalue weighted by Gasteiger charge is -2.37. The number of ether oxygens (including phenoxy) is 2. The third-order valence-electron chi connectivity index (χ3n) is 9.49. The van der Waals surface area contributed by atoms with Gasteiger partial charge in [-0.2, -0.15) is 0 Å². The van der Waals surface area contributed by atoms with Crippen LogP contribution in [0.4, 0.5) is 15.0 Å². The van der Waals surface area contributed by atoms with Gasteiger partial charge in [-0.15, -0.1) is 0 Å². The van der Waals surface area contributed by atoms with Crippen molar-refractivity contribution in [3.63, 3.8) is 0 Å². The first-order valence-electron chi connectivity index (χ1n) is 17.3. The molecule has 1 aliphatic heterocycles. The van der Waals surface area contributed by atoms with Crippen LogP contribution in [0.5, 0.6) is 11.5 Å². The first-order valence-corrected chi connectivity index (χ1v) is 17.3. The van der Waals surface area contributed by atoms with Gasteiger partial charge in [0, 0.05) is 49.4 Å². The predicted molar refractivity (Wildman–Crippen MR) is 185 cm³/mol. The number of carbonyl (C=O) groups is 1. The molecule has 1 aromatic heterocycles. The summed E-state index contributed by atoms with van der Waals surface area (Å²) in [6, 6.07) is 13.3. The Balaban J connectivity index is 1.05. The molecule has 2 aromatic carbocycles. The summed E-state index contributed by atoms with van der Waals surface area (Å²) in [5, 5.41) is 3.05. The van der Waals surface area contributed by atoms with Gasteiger partial charge in [-0.1, -0.05) is 6.07 Å². The monoisotopic (exact) mass is 654 g/mol. The van der Waals surface area contributed by atoms with Crippen LogP contribution >= 0.6 is 0 Å². The van der Waals surface area contributed by atoms with Gasteiger partial charge in [0.05, 0.1) is 6.20 Å². The average molecular weight is 655 g/mol. The quantitative estimate of drug-likeness (QED) is 0.191. The maximum Gasteiger partial charge on any atom is 0.407 e. The first kappa shape index (κ1) is 33.5. The summed E-state index contributed by atoms with van der Waals surface area (Å²) < 4.78 is 26.6. The number of nitrogens with two attached hydrogens (primary N) is 1. The molecule has 0 atom stereocenters. The fourth-order valence-corrected chi connectivity index (χ4v) is 6.86. The van der Waals surface area contributed by atoms with E-state index in [4.69, 9.17) is 15.2 Å². The number of rotatable bonds is 9. The normalized spacial score (nSPS) is 20.0. The molecule has 2 saturated carbocycles. The molecule has 0 bridgehead atoms. The zero-order valence-electron chi connectivity index (χ0n) is 28.3. The number of alkyl carbamates (subject to hydrolysis) is 1. The summed E-state index contributed by atoms with van der Waals surface area (Å²) in [4.78, 5) is 25.8. The Morgan fingerprint density at radius 2 is 1.77 bits per heavy atom. The highest BCUT2D eigenvalue weighted by molar-refractivity contribution is 5.76. The van der Waals surface area contributed by atoms with E-state index < -0.39 is 5.60 Å². The van der Waals surface area contributed by atoms with Crippen LogP contribution in [0.2, 0.25) is 0 Å². The Bertz CT molecular complexity index is 1640. The Morgan fingerprint density at radius 3 is 2.48 bits per heavy atom. The fraction of sp³-hybridized carbons (Fsp3) is 0.500. The van der Waals surface area contributed by atoms with Gasteiger partial charge in [0.25, 0.3) is 0 Å². The molecule has 6 rings (SSSR count). The van der Waals surface area contributed by atoms with Crippen molar-refractivity contribution in [1.82, 2.24) is 20.2 Å². The molecular formula is C38H47FN6O3. The van der Waals surface area contributed by atoms with E-state index in [0.29, 0.717) is 28.9 Å². The number of hydrogen-bond acceptors (Lipinski definition) is 8. The van der Waals surface area contributed by atoms with Gasteiger partial charge >= 0.3 is 6.09 Å². The van der Waals surface area contributed by atoms with Gasteiger partial charge in [0.2, 0.25) is 0 Å². The van der Waals surface area contributed by atoms with Gasteiger partial charge in [0.1, 0.15) is 23.5 Å². The number of carbonyl (C=O) groups excluding carboxylic acids is 1. The van der Waals surface area contributed by atoms with Crippen LogP contribution in [0, 0.1) is 23.7 Å². The van der Waals surface area contributed by atoms with Crippen molar-refractivity contribution in [1.29, 1.82) is 0 Å². The predicted octanol–water partition coefficient (Wildman–Crippen LogP) is 6.82. The van der Waals surface area contributed by atoms with Crippen molar-refractivity contribution in [2.75, 3.05) is 37.6 Å². The Hall–Kier alpha value is -4.36. The molecule has 3 N–H and O–H groups in total. The largest absolute Gasteiger partial charge is 0.451 e. The third kappa shape index (κ3) is 8.75. The average Bonchev–Trinajstić information content (AvgIpc) is 3.91. The second-order valence-electron chi connectivity index (χ2n) is 14.3. The van der Waals surface area contributed by atoms with Gasteiger partial charge < -0.3 is 25.4 Å². The van der Waals surface area contributed by atoms with Crippen LogP contribution in [0.15, 0.2) is 48.9 Å². The lowest BCUT2D eigenvalue weighted by molar-refractivity contribution is 0.0485. The lowest BCUT2D eigenvalue weighted by atomic mass is 9.84. The number of piperazine rings is 1. The second kappa shape index (κ2) is 14.8. The molecule has 1 saturated heterocycles. The Morgan fingerprint density at radius 1 is 1.00 bits per heavy atom. The molecule has 3 fully saturated rings. The highest BCUT2D eigenvalue weighted by Crippen LogP contribution is 2.47. The molecule has 0 radical (unpaired) electrons.